The van der Waals surface area contributed by atoms with Crippen molar-refractivity contribution >= 4 is 0 Å². The number of fused-ring (bicyclic) bond motifs is 2. The first-order valence-corrected chi connectivity index (χ1v) is 4.81. The summed E-state index contributed by atoms with van der Waals surface area (Å²) in [4.78, 5) is 2.24. The predicted octanol–water partition coefficient (Wildman–Crippen LogP) is 0.944. The fourth-order valence-corrected chi connectivity index (χ4v) is 2.71. The summed E-state index contributed by atoms with van der Waals surface area (Å²) in [6.45, 7) is 0.325. The Balaban J connectivity index is 1.99. The van der Waals surface area contributed by atoms with Crippen molar-refractivity contribution in [3.05, 3.63) is 0 Å². The first-order chi connectivity index (χ1) is 5.81. The standard InChI is InChI=1S/C9H16FNO/c10-3-4-11-7-1-2-8(11)6-9(12)5-7/h7-9,12H,1-6H2/t7-,8+,9?. The summed E-state index contributed by atoms with van der Waals surface area (Å²) in [5.41, 5.74) is 0. The Morgan fingerprint density at radius 3 is 2.33 bits per heavy atom. The lowest BCUT2D eigenvalue weighted by atomic mass is 10.0. The highest BCUT2D eigenvalue weighted by molar-refractivity contribution is 4.94. The van der Waals surface area contributed by atoms with Crippen LogP contribution in [0.3, 0.4) is 0 Å². The van der Waals surface area contributed by atoms with Crippen LogP contribution >= 0.6 is 0 Å². The van der Waals surface area contributed by atoms with E-state index in [4.69, 9.17) is 0 Å². The van der Waals surface area contributed by atoms with Gasteiger partial charge in [0.25, 0.3) is 0 Å². The van der Waals surface area contributed by atoms with Gasteiger partial charge in [-0.15, -0.1) is 0 Å². The average Bonchev–Trinajstić information content (AvgIpc) is 2.32. The van der Waals surface area contributed by atoms with Crippen molar-refractivity contribution in [1.29, 1.82) is 0 Å². The van der Waals surface area contributed by atoms with Crippen LogP contribution in [0.2, 0.25) is 0 Å². The molecule has 3 atom stereocenters. The smallest absolute Gasteiger partial charge is 0.102 e. The van der Waals surface area contributed by atoms with Crippen molar-refractivity contribution in [2.75, 3.05) is 13.2 Å². The van der Waals surface area contributed by atoms with Gasteiger partial charge in [0.1, 0.15) is 6.67 Å². The first-order valence-electron chi connectivity index (χ1n) is 4.81. The molecular weight excluding hydrogens is 157 g/mol. The van der Waals surface area contributed by atoms with Crippen molar-refractivity contribution in [2.24, 2.45) is 0 Å². The van der Waals surface area contributed by atoms with Crippen LogP contribution in [-0.4, -0.2) is 41.4 Å². The highest BCUT2D eigenvalue weighted by Crippen LogP contribution is 2.35. The maximum absolute atomic E-state index is 12.1. The minimum absolute atomic E-state index is 0.127. The van der Waals surface area contributed by atoms with Crippen molar-refractivity contribution in [3.63, 3.8) is 0 Å². The van der Waals surface area contributed by atoms with Crippen LogP contribution in [-0.2, 0) is 0 Å². The van der Waals surface area contributed by atoms with Gasteiger partial charge in [-0.05, 0) is 25.7 Å². The quantitative estimate of drug-likeness (QED) is 0.672. The number of aliphatic hydroxyl groups is 1. The van der Waals surface area contributed by atoms with Crippen LogP contribution in [0.1, 0.15) is 25.7 Å². The van der Waals surface area contributed by atoms with Gasteiger partial charge in [-0.2, -0.15) is 0 Å². The summed E-state index contributed by atoms with van der Waals surface area (Å²) < 4.78 is 12.1. The van der Waals surface area contributed by atoms with E-state index in [2.05, 4.69) is 4.90 Å². The van der Waals surface area contributed by atoms with E-state index in [1.807, 2.05) is 0 Å². The highest BCUT2D eigenvalue weighted by Gasteiger charge is 2.39. The van der Waals surface area contributed by atoms with Crippen LogP contribution in [0, 0.1) is 0 Å². The van der Waals surface area contributed by atoms with E-state index in [1.165, 1.54) is 0 Å². The largest absolute Gasteiger partial charge is 0.393 e. The number of hydrogen-bond acceptors (Lipinski definition) is 2. The topological polar surface area (TPSA) is 23.5 Å². The summed E-state index contributed by atoms with van der Waals surface area (Å²) >= 11 is 0. The Morgan fingerprint density at radius 1 is 1.25 bits per heavy atom. The second-order valence-corrected chi connectivity index (χ2v) is 3.94. The zero-order valence-corrected chi connectivity index (χ0v) is 7.25. The minimum Gasteiger partial charge on any atom is -0.393 e. The SMILES string of the molecule is OC1C[C@H]2CC[C@@H](C1)N2CCF. The molecule has 0 aliphatic carbocycles. The number of hydrogen-bond donors (Lipinski definition) is 1. The molecule has 2 aliphatic rings. The van der Waals surface area contributed by atoms with Crippen LogP contribution in [0.25, 0.3) is 0 Å². The third-order valence-electron chi connectivity index (χ3n) is 3.20. The lowest BCUT2D eigenvalue weighted by Crippen LogP contribution is -2.45. The van der Waals surface area contributed by atoms with Crippen LogP contribution in [0.5, 0.6) is 0 Å². The number of halogens is 1. The molecule has 2 nitrogen and oxygen atoms in total. The molecule has 0 aromatic rings. The molecule has 70 valence electrons. The van der Waals surface area contributed by atoms with E-state index >= 15 is 0 Å². The summed E-state index contributed by atoms with van der Waals surface area (Å²) in [5.74, 6) is 0. The maximum Gasteiger partial charge on any atom is 0.102 e. The average molecular weight is 173 g/mol. The van der Waals surface area contributed by atoms with E-state index in [0.717, 1.165) is 25.7 Å². The first kappa shape index (κ1) is 8.45. The van der Waals surface area contributed by atoms with Gasteiger partial charge in [-0.1, -0.05) is 0 Å². The van der Waals surface area contributed by atoms with E-state index in [9.17, 15) is 9.50 Å². The molecule has 1 unspecified atom stereocenters. The van der Waals surface area contributed by atoms with Gasteiger partial charge in [0.05, 0.1) is 6.10 Å². The van der Waals surface area contributed by atoms with Crippen molar-refractivity contribution in [2.45, 2.75) is 43.9 Å². The molecule has 2 rings (SSSR count). The normalized spacial score (nSPS) is 42.0. The zero-order chi connectivity index (χ0) is 8.55. The van der Waals surface area contributed by atoms with Crippen molar-refractivity contribution in [3.8, 4) is 0 Å². The van der Waals surface area contributed by atoms with Crippen LogP contribution in [0.4, 0.5) is 4.39 Å². The predicted molar refractivity (Wildman–Crippen MR) is 44.7 cm³/mol. The lowest BCUT2D eigenvalue weighted by Gasteiger charge is -2.36. The molecule has 12 heavy (non-hydrogen) atoms. The van der Waals surface area contributed by atoms with Gasteiger partial charge >= 0.3 is 0 Å². The second kappa shape index (κ2) is 3.30. The Labute approximate surface area is 72.4 Å². The van der Waals surface area contributed by atoms with Gasteiger partial charge in [-0.25, -0.2) is 4.39 Å². The Bertz CT molecular complexity index is 151. The molecule has 2 saturated heterocycles. The summed E-state index contributed by atoms with van der Waals surface area (Å²) in [6, 6.07) is 0.934. The van der Waals surface area contributed by atoms with E-state index in [-0.39, 0.29) is 12.8 Å². The lowest BCUT2D eigenvalue weighted by molar-refractivity contribution is 0.0325. The molecule has 2 aliphatic heterocycles. The van der Waals surface area contributed by atoms with E-state index in [0.29, 0.717) is 18.6 Å². The number of alkyl halides is 1. The second-order valence-electron chi connectivity index (χ2n) is 3.94. The molecule has 0 radical (unpaired) electrons. The molecule has 2 bridgehead atoms. The van der Waals surface area contributed by atoms with Crippen LogP contribution in [0.15, 0.2) is 0 Å². The molecular formula is C9H16FNO. The monoisotopic (exact) mass is 173 g/mol. The molecule has 0 aromatic heterocycles. The molecule has 0 amide bonds. The maximum atomic E-state index is 12.1. The Morgan fingerprint density at radius 2 is 1.83 bits per heavy atom. The third-order valence-corrected chi connectivity index (χ3v) is 3.20. The molecule has 0 aromatic carbocycles. The molecule has 2 heterocycles. The molecule has 0 spiro atoms. The summed E-state index contributed by atoms with van der Waals surface area (Å²) in [6.07, 6.45) is 3.90. The van der Waals surface area contributed by atoms with Gasteiger partial charge in [-0.3, -0.25) is 4.90 Å². The summed E-state index contributed by atoms with van der Waals surface area (Å²) in [7, 11) is 0. The van der Waals surface area contributed by atoms with Gasteiger partial charge in [0.2, 0.25) is 0 Å². The number of piperidine rings is 1. The van der Waals surface area contributed by atoms with Crippen molar-refractivity contribution in [1.82, 2.24) is 4.90 Å². The molecule has 2 fully saturated rings. The highest BCUT2D eigenvalue weighted by atomic mass is 19.1. The van der Waals surface area contributed by atoms with Gasteiger partial charge < -0.3 is 5.11 Å². The molecule has 0 saturated carbocycles. The fraction of sp³-hybridized carbons (Fsp3) is 1.00. The minimum atomic E-state index is -0.247. The number of rotatable bonds is 2. The number of aliphatic hydroxyl groups excluding tert-OH is 1. The molecule has 1 N–H and O–H groups in total. The van der Waals surface area contributed by atoms with Gasteiger partial charge in [0.15, 0.2) is 0 Å². The number of nitrogens with zero attached hydrogens (tertiary/aromatic N) is 1. The van der Waals surface area contributed by atoms with E-state index in [1.54, 1.807) is 0 Å². The molecule has 3 heteroatoms. The Hall–Kier alpha value is -0.150. The fourth-order valence-electron chi connectivity index (χ4n) is 2.71. The van der Waals surface area contributed by atoms with Crippen LogP contribution < -0.4 is 0 Å². The van der Waals surface area contributed by atoms with E-state index < -0.39 is 0 Å². The summed E-state index contributed by atoms with van der Waals surface area (Å²) in [5, 5.41) is 9.46. The third kappa shape index (κ3) is 1.36. The zero-order valence-electron chi connectivity index (χ0n) is 7.25. The Kier molecular flexibility index (Phi) is 2.33. The van der Waals surface area contributed by atoms with Crippen molar-refractivity contribution < 1.29 is 9.50 Å². The van der Waals surface area contributed by atoms with Gasteiger partial charge in [0, 0.05) is 18.6 Å².